The zero-order valence-corrected chi connectivity index (χ0v) is 14.7. The fraction of sp³-hybridized carbons (Fsp3) is 0.500. The number of aliphatic hydroxyl groups is 2. The Kier molecular flexibility index (Phi) is 13.9. The van der Waals surface area contributed by atoms with E-state index in [9.17, 15) is 9.59 Å². The number of rotatable bonds is 3. The van der Waals surface area contributed by atoms with Crippen LogP contribution in [0.15, 0.2) is 0 Å². The van der Waals surface area contributed by atoms with E-state index in [0.717, 1.165) is 0 Å². The van der Waals surface area contributed by atoms with Gasteiger partial charge < -0.3 is 23.3 Å². The van der Waals surface area contributed by atoms with Crippen LogP contribution in [0.2, 0.25) is 0 Å². The average Bonchev–Trinajstić information content (AvgIpc) is 1.84. The minimum atomic E-state index is -2.27. The van der Waals surface area contributed by atoms with Crippen molar-refractivity contribution in [2.45, 2.75) is 12.2 Å². The normalized spacial score (nSPS) is 13.2. The number of carboxylic acid groups (broad SMARTS) is 2. The van der Waals surface area contributed by atoms with Gasteiger partial charge in [0.15, 0.2) is 12.2 Å². The Balaban J connectivity index is -0.0000000675. The molecule has 0 bridgehead atoms. The van der Waals surface area contributed by atoms with E-state index in [4.69, 9.17) is 20.4 Å². The molecular weight excluding hydrogens is 403 g/mol. The number of hydrogen-bond acceptors (Lipinski definition) is 4. The standard InChI is InChI=1S/C4H6O6.Ba.Sb.5H/c5-1(3(7)8)2(6)4(9)10;;;;;;;/h1-2,5-6H,(H,7,8)(H,9,10);;;;;;;/q;+2;;;;;2*-1. The predicted molar refractivity (Wildman–Crippen MR) is 45.2 cm³/mol. The van der Waals surface area contributed by atoms with Crippen LogP contribution in [0.1, 0.15) is 2.85 Å². The Morgan fingerprint density at radius 1 is 1.00 bits per heavy atom. The summed E-state index contributed by atoms with van der Waals surface area (Å²) in [6.45, 7) is 0. The number of aliphatic hydroxyl groups excluding tert-OH is 2. The Morgan fingerprint density at radius 3 is 1.25 bits per heavy atom. The first-order valence-corrected chi connectivity index (χ1v) is 2.28. The van der Waals surface area contributed by atoms with Gasteiger partial charge in [-0.25, -0.2) is 9.59 Å². The first-order chi connectivity index (χ1) is 4.46. The van der Waals surface area contributed by atoms with Crippen LogP contribution in [0.5, 0.6) is 0 Å². The van der Waals surface area contributed by atoms with Gasteiger partial charge >= 0.3 is 85.2 Å². The van der Waals surface area contributed by atoms with Crippen LogP contribution >= 0.6 is 0 Å². The van der Waals surface area contributed by atoms with Gasteiger partial charge in [0.2, 0.25) is 0 Å². The van der Waals surface area contributed by atoms with Crippen molar-refractivity contribution in [3.63, 3.8) is 0 Å². The Bertz CT molecular complexity index is 152. The van der Waals surface area contributed by atoms with Crippen LogP contribution in [0, 0.1) is 0 Å². The Morgan fingerprint density at radius 2 is 1.17 bits per heavy atom. The van der Waals surface area contributed by atoms with Crippen molar-refractivity contribution in [2.24, 2.45) is 0 Å². The minimum absolute atomic E-state index is 0. The summed E-state index contributed by atoms with van der Waals surface area (Å²) in [5.74, 6) is -3.54. The molecule has 70 valence electrons. The molecule has 0 spiro atoms. The number of aliphatic carboxylic acids is 2. The second kappa shape index (κ2) is 8.83. The summed E-state index contributed by atoms with van der Waals surface area (Å²) >= 11 is 0. The van der Waals surface area contributed by atoms with Crippen LogP contribution in [0.3, 0.4) is 0 Å². The predicted octanol–water partition coefficient (Wildman–Crippen LogP) is -3.46. The molecule has 4 N–H and O–H groups in total. The van der Waals surface area contributed by atoms with Crippen LogP contribution < -0.4 is 0 Å². The summed E-state index contributed by atoms with van der Waals surface area (Å²) in [6.07, 6.45) is -4.53. The topological polar surface area (TPSA) is 115 Å². The molecule has 0 aliphatic rings. The van der Waals surface area contributed by atoms with E-state index in [1.807, 2.05) is 0 Å². The molecule has 0 amide bonds. The second-order valence-corrected chi connectivity index (χ2v) is 1.57. The molecule has 2 unspecified atom stereocenters. The monoisotopic (exact) mass is 414 g/mol. The van der Waals surface area contributed by atoms with Crippen molar-refractivity contribution in [1.82, 2.24) is 0 Å². The fourth-order valence-electron chi connectivity index (χ4n) is 0.270. The summed E-state index contributed by atoms with van der Waals surface area (Å²) < 4.78 is 0. The molecule has 6 nitrogen and oxygen atoms in total. The van der Waals surface area contributed by atoms with E-state index in [2.05, 4.69) is 0 Å². The molecule has 0 fully saturated rings. The molecule has 0 aromatic rings. The zero-order chi connectivity index (χ0) is 8.31. The summed E-state index contributed by atoms with van der Waals surface area (Å²) in [5, 5.41) is 32.5. The Labute approximate surface area is 128 Å². The van der Waals surface area contributed by atoms with Crippen molar-refractivity contribution >= 4 is 85.2 Å². The van der Waals surface area contributed by atoms with E-state index in [1.54, 1.807) is 0 Å². The van der Waals surface area contributed by atoms with Crippen molar-refractivity contribution in [1.29, 1.82) is 0 Å². The van der Waals surface area contributed by atoms with Gasteiger partial charge in [0.1, 0.15) is 0 Å². The molecule has 0 saturated heterocycles. The molecule has 0 aromatic carbocycles. The van der Waals surface area contributed by atoms with Crippen LogP contribution in [0.4, 0.5) is 0 Å². The third kappa shape index (κ3) is 6.73. The molecule has 8 heteroatoms. The molecule has 0 aliphatic carbocycles. The van der Waals surface area contributed by atoms with Crippen molar-refractivity contribution in [3.05, 3.63) is 0 Å². The summed E-state index contributed by atoms with van der Waals surface area (Å²) in [4.78, 5) is 19.5. The van der Waals surface area contributed by atoms with Gasteiger partial charge in [0, 0.05) is 0 Å². The first-order valence-electron chi connectivity index (χ1n) is 2.28. The number of carboxylic acids is 2. The van der Waals surface area contributed by atoms with Gasteiger partial charge in [0.25, 0.3) is 0 Å². The Hall–Kier alpha value is 1.25. The van der Waals surface area contributed by atoms with Crippen molar-refractivity contribution < 1.29 is 32.9 Å². The van der Waals surface area contributed by atoms with Crippen molar-refractivity contribution in [3.8, 4) is 0 Å². The molecule has 0 aliphatic heterocycles. The van der Waals surface area contributed by atoms with Crippen LogP contribution in [-0.4, -0.2) is 118 Å². The number of carbonyl (C=O) groups is 2. The number of hydrogen-bond donors (Lipinski definition) is 4. The molecule has 0 heterocycles. The first kappa shape index (κ1) is 18.9. The average molecular weight is 414 g/mol. The third-order valence-electron chi connectivity index (χ3n) is 0.805. The summed E-state index contributed by atoms with van der Waals surface area (Å²) in [7, 11) is 0. The molecule has 0 radical (unpaired) electrons. The summed E-state index contributed by atoms with van der Waals surface area (Å²) in [5.41, 5.74) is 0. The molecule has 0 aromatic heterocycles. The zero-order valence-electron chi connectivity index (χ0n) is 8.17. The molecular formula is C4H11BaO6Sb. The van der Waals surface area contributed by atoms with Crippen molar-refractivity contribution in [2.75, 3.05) is 0 Å². The molecule has 0 rings (SSSR count). The molecule has 12 heavy (non-hydrogen) atoms. The third-order valence-corrected chi connectivity index (χ3v) is 0.805. The van der Waals surface area contributed by atoms with Crippen LogP contribution in [-0.2, 0) is 9.59 Å². The summed E-state index contributed by atoms with van der Waals surface area (Å²) in [6, 6.07) is 0. The second-order valence-electron chi connectivity index (χ2n) is 1.57. The fourth-order valence-corrected chi connectivity index (χ4v) is 0.270. The van der Waals surface area contributed by atoms with Gasteiger partial charge in [-0.3, -0.25) is 0 Å². The van der Waals surface area contributed by atoms with Gasteiger partial charge in [-0.1, -0.05) is 0 Å². The van der Waals surface area contributed by atoms with E-state index in [-0.39, 0.29) is 76.2 Å². The van der Waals surface area contributed by atoms with E-state index < -0.39 is 24.1 Å². The maximum atomic E-state index is 9.77. The van der Waals surface area contributed by atoms with E-state index >= 15 is 0 Å². The van der Waals surface area contributed by atoms with Crippen LogP contribution in [0.25, 0.3) is 0 Å². The van der Waals surface area contributed by atoms with Gasteiger partial charge in [-0.15, -0.1) is 0 Å². The van der Waals surface area contributed by atoms with Gasteiger partial charge in [0.05, 0.1) is 0 Å². The van der Waals surface area contributed by atoms with E-state index in [0.29, 0.717) is 0 Å². The van der Waals surface area contributed by atoms with Gasteiger partial charge in [-0.05, 0) is 0 Å². The SMILES string of the molecule is O=C(O)C(O)C(O)C(=O)O.[Ba+2].[H-].[H-].[SbH3]. The van der Waals surface area contributed by atoms with Gasteiger partial charge in [-0.2, -0.15) is 0 Å². The molecule has 2 atom stereocenters. The molecule has 0 saturated carbocycles. The van der Waals surface area contributed by atoms with E-state index in [1.165, 1.54) is 0 Å². The quantitative estimate of drug-likeness (QED) is 0.357. The maximum absolute atomic E-state index is 9.77.